The van der Waals surface area contributed by atoms with Crippen molar-refractivity contribution in [1.29, 1.82) is 0 Å². The van der Waals surface area contributed by atoms with Gasteiger partial charge in [-0.05, 0) is 70.4 Å². The van der Waals surface area contributed by atoms with Crippen LogP contribution in [0, 0.1) is 0 Å². The Morgan fingerprint density at radius 2 is 1.74 bits per heavy atom. The van der Waals surface area contributed by atoms with Crippen molar-refractivity contribution in [3.05, 3.63) is 64.7 Å². The summed E-state index contributed by atoms with van der Waals surface area (Å²) in [6.45, 7) is 10.5. The summed E-state index contributed by atoms with van der Waals surface area (Å²) in [5.41, 5.74) is 1.72. The number of rotatable bonds is 7. The Labute approximate surface area is 222 Å². The Morgan fingerprint density at radius 3 is 2.39 bits per heavy atom. The highest BCUT2D eigenvalue weighted by Crippen LogP contribution is 2.34. The van der Waals surface area contributed by atoms with Gasteiger partial charge in [-0.25, -0.2) is 4.79 Å². The lowest BCUT2D eigenvalue weighted by Gasteiger charge is -2.29. The molecule has 2 aliphatic heterocycles. The summed E-state index contributed by atoms with van der Waals surface area (Å²) in [6, 6.07) is 12.2. The SMILES string of the molecule is CC(C)(C)OC(=O)C(C)(C)NCc1ccc(C(=O)Oc2cccc3c2CN(C2CCC(=O)NC2=O)C3)cc1. The third-order valence-corrected chi connectivity index (χ3v) is 6.65. The Hall–Kier alpha value is -3.56. The van der Waals surface area contributed by atoms with Gasteiger partial charge in [0.05, 0.1) is 11.6 Å². The number of piperidine rings is 1. The van der Waals surface area contributed by atoms with E-state index in [0.29, 0.717) is 43.8 Å². The summed E-state index contributed by atoms with van der Waals surface area (Å²) in [5, 5.41) is 5.61. The molecular formula is C29H35N3O6. The molecule has 1 fully saturated rings. The minimum atomic E-state index is -0.875. The summed E-state index contributed by atoms with van der Waals surface area (Å²) in [4.78, 5) is 51.2. The molecule has 4 rings (SSSR count). The smallest absolute Gasteiger partial charge is 0.343 e. The average Bonchev–Trinajstić information content (AvgIpc) is 3.27. The number of fused-ring (bicyclic) bond motifs is 1. The first kappa shape index (κ1) is 27.5. The molecule has 9 nitrogen and oxygen atoms in total. The van der Waals surface area contributed by atoms with Crippen LogP contribution in [-0.2, 0) is 38.8 Å². The average molecular weight is 522 g/mol. The fourth-order valence-corrected chi connectivity index (χ4v) is 4.48. The van der Waals surface area contributed by atoms with E-state index in [9.17, 15) is 19.2 Å². The summed E-state index contributed by atoms with van der Waals surface area (Å²) in [6.07, 6.45) is 0.791. The normalized spacial score (nSPS) is 18.1. The van der Waals surface area contributed by atoms with E-state index < -0.39 is 17.1 Å². The zero-order valence-electron chi connectivity index (χ0n) is 22.6. The monoisotopic (exact) mass is 521 g/mol. The maximum absolute atomic E-state index is 12.9. The zero-order chi connectivity index (χ0) is 27.7. The summed E-state index contributed by atoms with van der Waals surface area (Å²) >= 11 is 0. The first-order valence-corrected chi connectivity index (χ1v) is 12.8. The molecule has 2 aromatic rings. The van der Waals surface area contributed by atoms with Gasteiger partial charge in [0.1, 0.15) is 16.9 Å². The van der Waals surface area contributed by atoms with Gasteiger partial charge in [0.15, 0.2) is 0 Å². The van der Waals surface area contributed by atoms with Gasteiger partial charge in [-0.1, -0.05) is 24.3 Å². The van der Waals surface area contributed by atoms with Crippen LogP contribution in [0.5, 0.6) is 5.75 Å². The van der Waals surface area contributed by atoms with Crippen molar-refractivity contribution in [1.82, 2.24) is 15.5 Å². The van der Waals surface area contributed by atoms with Crippen LogP contribution < -0.4 is 15.4 Å². The number of amides is 2. The van der Waals surface area contributed by atoms with E-state index in [4.69, 9.17) is 9.47 Å². The predicted octanol–water partition coefficient (Wildman–Crippen LogP) is 3.24. The highest BCUT2D eigenvalue weighted by Gasteiger charge is 2.36. The van der Waals surface area contributed by atoms with Gasteiger partial charge >= 0.3 is 11.9 Å². The highest BCUT2D eigenvalue weighted by molar-refractivity contribution is 6.00. The third kappa shape index (κ3) is 6.46. The van der Waals surface area contributed by atoms with Gasteiger partial charge in [0.2, 0.25) is 11.8 Å². The van der Waals surface area contributed by atoms with E-state index in [-0.39, 0.29) is 23.8 Å². The Bertz CT molecular complexity index is 1250. The molecule has 0 spiro atoms. The van der Waals surface area contributed by atoms with Crippen molar-refractivity contribution in [2.24, 2.45) is 0 Å². The number of hydrogen-bond donors (Lipinski definition) is 2. The van der Waals surface area contributed by atoms with Gasteiger partial charge in [-0.15, -0.1) is 0 Å². The number of nitrogens with one attached hydrogen (secondary N) is 2. The molecule has 1 unspecified atom stereocenters. The molecule has 2 aromatic carbocycles. The number of benzene rings is 2. The van der Waals surface area contributed by atoms with Crippen LogP contribution in [0.2, 0.25) is 0 Å². The summed E-state index contributed by atoms with van der Waals surface area (Å²) < 4.78 is 11.2. The van der Waals surface area contributed by atoms with Gasteiger partial charge < -0.3 is 9.47 Å². The van der Waals surface area contributed by atoms with Crippen molar-refractivity contribution in [3.63, 3.8) is 0 Å². The standard InChI is InChI=1S/C29H35N3O6/c1-28(2,3)38-27(36)29(4,5)30-15-18-9-11-19(12-10-18)26(35)37-23-8-6-7-20-16-32(17-21(20)23)22-13-14-24(33)31-25(22)34/h6-12,22,30H,13-17H2,1-5H3,(H,31,33,34). The largest absolute Gasteiger partial charge is 0.459 e. The zero-order valence-corrected chi connectivity index (χ0v) is 22.6. The first-order valence-electron chi connectivity index (χ1n) is 12.8. The number of hydrogen-bond acceptors (Lipinski definition) is 8. The minimum absolute atomic E-state index is 0.244. The summed E-state index contributed by atoms with van der Waals surface area (Å²) in [5.74, 6) is -0.877. The quantitative estimate of drug-likeness (QED) is 0.324. The van der Waals surface area contributed by atoms with E-state index in [2.05, 4.69) is 10.6 Å². The van der Waals surface area contributed by atoms with Crippen molar-refractivity contribution in [2.75, 3.05) is 0 Å². The minimum Gasteiger partial charge on any atom is -0.459 e. The van der Waals surface area contributed by atoms with E-state index in [1.807, 2.05) is 49.9 Å². The molecule has 38 heavy (non-hydrogen) atoms. The topological polar surface area (TPSA) is 114 Å². The van der Waals surface area contributed by atoms with Crippen molar-refractivity contribution >= 4 is 23.8 Å². The highest BCUT2D eigenvalue weighted by atomic mass is 16.6. The van der Waals surface area contributed by atoms with E-state index in [1.165, 1.54) is 0 Å². The molecule has 2 N–H and O–H groups in total. The maximum atomic E-state index is 12.9. The lowest BCUT2D eigenvalue weighted by molar-refractivity contribution is -0.161. The molecule has 1 saturated heterocycles. The molecule has 9 heteroatoms. The van der Waals surface area contributed by atoms with E-state index in [1.54, 1.807) is 32.0 Å². The number of carbonyl (C=O) groups is 4. The lowest BCUT2D eigenvalue weighted by Crippen LogP contribution is -2.50. The number of ether oxygens (including phenoxy) is 2. The Morgan fingerprint density at radius 1 is 1.03 bits per heavy atom. The van der Waals surface area contributed by atoms with E-state index >= 15 is 0 Å². The molecule has 2 aliphatic rings. The molecule has 0 bridgehead atoms. The van der Waals surface area contributed by atoms with Gasteiger partial charge in [-0.2, -0.15) is 0 Å². The fourth-order valence-electron chi connectivity index (χ4n) is 4.48. The molecule has 0 aromatic heterocycles. The molecule has 202 valence electrons. The van der Waals surface area contributed by atoms with Crippen LogP contribution in [0.25, 0.3) is 0 Å². The van der Waals surface area contributed by atoms with Crippen molar-refractivity contribution in [2.45, 2.75) is 84.3 Å². The van der Waals surface area contributed by atoms with E-state index in [0.717, 1.165) is 16.7 Å². The second-order valence-electron chi connectivity index (χ2n) is 11.3. The molecule has 0 aliphatic carbocycles. The third-order valence-electron chi connectivity index (χ3n) is 6.65. The molecular weight excluding hydrogens is 486 g/mol. The number of esters is 2. The van der Waals surface area contributed by atoms with Crippen LogP contribution in [0.4, 0.5) is 0 Å². The van der Waals surface area contributed by atoms with Crippen LogP contribution in [0.15, 0.2) is 42.5 Å². The molecule has 1 atom stereocenters. The molecule has 0 radical (unpaired) electrons. The van der Waals surface area contributed by atoms with Gasteiger partial charge in [0.25, 0.3) is 0 Å². The van der Waals surface area contributed by atoms with Gasteiger partial charge in [0, 0.05) is 31.6 Å². The Kier molecular flexibility index (Phi) is 7.71. The number of carbonyl (C=O) groups excluding carboxylic acids is 4. The fraction of sp³-hybridized carbons (Fsp3) is 0.448. The molecule has 0 saturated carbocycles. The number of nitrogens with zero attached hydrogens (tertiary/aromatic N) is 1. The van der Waals surface area contributed by atoms with Crippen LogP contribution >= 0.6 is 0 Å². The van der Waals surface area contributed by atoms with Crippen molar-refractivity contribution < 1.29 is 28.7 Å². The number of imide groups is 1. The molecule has 2 heterocycles. The van der Waals surface area contributed by atoms with Crippen LogP contribution in [0.1, 0.15) is 74.5 Å². The molecule has 2 amide bonds. The predicted molar refractivity (Wildman–Crippen MR) is 140 cm³/mol. The van der Waals surface area contributed by atoms with Crippen molar-refractivity contribution in [3.8, 4) is 5.75 Å². The Balaban J connectivity index is 1.36. The second kappa shape index (κ2) is 10.7. The summed E-state index contributed by atoms with van der Waals surface area (Å²) in [7, 11) is 0. The van der Waals surface area contributed by atoms with Crippen LogP contribution in [-0.4, -0.2) is 45.8 Å². The van der Waals surface area contributed by atoms with Crippen LogP contribution in [0.3, 0.4) is 0 Å². The second-order valence-corrected chi connectivity index (χ2v) is 11.3. The first-order chi connectivity index (χ1) is 17.8. The maximum Gasteiger partial charge on any atom is 0.343 e. The van der Waals surface area contributed by atoms with Gasteiger partial charge in [-0.3, -0.25) is 29.9 Å². The lowest BCUT2D eigenvalue weighted by atomic mass is 10.0.